The Morgan fingerprint density at radius 2 is 1.87 bits per heavy atom. The van der Waals surface area contributed by atoms with Crippen molar-refractivity contribution in [3.05, 3.63) is 105 Å². The summed E-state index contributed by atoms with van der Waals surface area (Å²) in [7, 11) is 0. The lowest BCUT2D eigenvalue weighted by molar-refractivity contribution is -0.384. The van der Waals surface area contributed by atoms with Crippen LogP contribution in [0.5, 0.6) is 0 Å². The van der Waals surface area contributed by atoms with Gasteiger partial charge in [0.1, 0.15) is 17.7 Å². The summed E-state index contributed by atoms with van der Waals surface area (Å²) in [6.45, 7) is 0.261. The molecule has 2 aliphatic heterocycles. The van der Waals surface area contributed by atoms with E-state index in [1.54, 1.807) is 24.3 Å². The van der Waals surface area contributed by atoms with Gasteiger partial charge >= 0.3 is 0 Å². The zero-order valence-corrected chi connectivity index (χ0v) is 20.9. The highest BCUT2D eigenvalue weighted by Crippen LogP contribution is 2.35. The third-order valence-corrected chi connectivity index (χ3v) is 7.09. The second-order valence-corrected chi connectivity index (χ2v) is 9.65. The van der Waals surface area contributed by atoms with Gasteiger partial charge in [-0.1, -0.05) is 48.2 Å². The minimum absolute atomic E-state index is 0.00343. The van der Waals surface area contributed by atoms with E-state index in [4.69, 9.17) is 0 Å². The summed E-state index contributed by atoms with van der Waals surface area (Å²) in [4.78, 5) is 47.3. The fourth-order valence-electron chi connectivity index (χ4n) is 4.15. The zero-order chi connectivity index (χ0) is 26.6. The number of carbonyl (C=O) groups is 2. The summed E-state index contributed by atoms with van der Waals surface area (Å²) >= 11 is 1.29. The van der Waals surface area contributed by atoms with Gasteiger partial charge in [-0.25, -0.2) is 14.3 Å². The normalized spacial score (nSPS) is 15.9. The number of fused-ring (bicyclic) bond motifs is 3. The van der Waals surface area contributed by atoms with E-state index in [-0.39, 0.29) is 42.7 Å². The number of thioether (sulfide) groups is 1. The van der Waals surface area contributed by atoms with Crippen LogP contribution in [0.15, 0.2) is 82.8 Å². The number of hydrogen-bond acceptors (Lipinski definition) is 7. The first-order chi connectivity index (χ1) is 18.4. The van der Waals surface area contributed by atoms with Crippen molar-refractivity contribution in [1.82, 2.24) is 10.2 Å². The molecule has 0 fully saturated rings. The predicted molar refractivity (Wildman–Crippen MR) is 143 cm³/mol. The largest absolute Gasteiger partial charge is 0.352 e. The monoisotopic (exact) mass is 531 g/mol. The van der Waals surface area contributed by atoms with E-state index in [1.807, 2.05) is 24.3 Å². The lowest BCUT2D eigenvalue weighted by atomic mass is 10.1. The molecular formula is C27H22FN5O4S. The molecule has 0 saturated carbocycles. The molecule has 38 heavy (non-hydrogen) atoms. The standard InChI is InChI=1S/C27H22FN5O4S/c28-19-10-8-17(9-11-19)15-29-24(34)13-12-23-26(35)32-25(30-23)21-6-1-2-7-22(21)31-27(32)38-16-18-4-3-5-20(14-18)33(36)37/h1-11,14,23H,12-13,15-16H2,(H,29,34). The fourth-order valence-corrected chi connectivity index (χ4v) is 5.10. The van der Waals surface area contributed by atoms with Crippen LogP contribution in [0, 0.1) is 15.9 Å². The molecule has 0 spiro atoms. The topological polar surface area (TPSA) is 117 Å². The Morgan fingerprint density at radius 3 is 2.66 bits per heavy atom. The van der Waals surface area contributed by atoms with Crippen molar-refractivity contribution in [3.63, 3.8) is 0 Å². The average molecular weight is 532 g/mol. The Balaban J connectivity index is 1.27. The highest BCUT2D eigenvalue weighted by atomic mass is 32.2. The van der Waals surface area contributed by atoms with Gasteiger partial charge in [-0.05, 0) is 41.8 Å². The van der Waals surface area contributed by atoms with Crippen LogP contribution in [-0.4, -0.2) is 38.7 Å². The maximum absolute atomic E-state index is 13.4. The summed E-state index contributed by atoms with van der Waals surface area (Å²) in [5, 5.41) is 14.3. The van der Waals surface area contributed by atoms with Crippen molar-refractivity contribution < 1.29 is 18.9 Å². The van der Waals surface area contributed by atoms with E-state index < -0.39 is 11.0 Å². The number of non-ortho nitro benzene ring substituents is 1. The van der Waals surface area contributed by atoms with Crippen LogP contribution < -0.4 is 5.32 Å². The molecule has 1 N–H and O–H groups in total. The van der Waals surface area contributed by atoms with Crippen LogP contribution in [0.25, 0.3) is 0 Å². The first-order valence-electron chi connectivity index (χ1n) is 11.9. The molecule has 2 heterocycles. The van der Waals surface area contributed by atoms with Gasteiger partial charge in [-0.2, -0.15) is 0 Å². The Kier molecular flexibility index (Phi) is 7.27. The zero-order valence-electron chi connectivity index (χ0n) is 20.0. The number of aliphatic imine (C=N–C) groups is 2. The molecule has 0 bridgehead atoms. The Bertz CT molecular complexity index is 1470. The van der Waals surface area contributed by atoms with Crippen LogP contribution in [0.1, 0.15) is 29.5 Å². The van der Waals surface area contributed by atoms with E-state index in [9.17, 15) is 24.1 Å². The van der Waals surface area contributed by atoms with Crippen molar-refractivity contribution in [3.8, 4) is 0 Å². The third-order valence-electron chi connectivity index (χ3n) is 6.08. The number of nitro groups is 1. The van der Waals surface area contributed by atoms with Crippen molar-refractivity contribution in [1.29, 1.82) is 0 Å². The quantitative estimate of drug-likeness (QED) is 0.333. The van der Waals surface area contributed by atoms with E-state index in [0.717, 1.165) is 16.7 Å². The van der Waals surface area contributed by atoms with Gasteiger partial charge in [0.15, 0.2) is 5.17 Å². The smallest absolute Gasteiger partial charge is 0.269 e. The molecule has 5 rings (SSSR count). The molecule has 9 nitrogen and oxygen atoms in total. The average Bonchev–Trinajstić information content (AvgIpc) is 3.27. The Morgan fingerprint density at radius 1 is 1.08 bits per heavy atom. The summed E-state index contributed by atoms with van der Waals surface area (Å²) < 4.78 is 13.1. The molecule has 0 radical (unpaired) electrons. The maximum Gasteiger partial charge on any atom is 0.269 e. The van der Waals surface area contributed by atoms with Crippen LogP contribution >= 0.6 is 11.8 Å². The molecule has 3 aromatic rings. The van der Waals surface area contributed by atoms with Crippen molar-refractivity contribution in [2.45, 2.75) is 31.2 Å². The number of para-hydroxylation sites is 1. The molecule has 11 heteroatoms. The van der Waals surface area contributed by atoms with Gasteiger partial charge in [0.25, 0.3) is 11.6 Å². The molecule has 1 atom stereocenters. The molecule has 0 aliphatic carbocycles. The molecular weight excluding hydrogens is 509 g/mol. The number of nitro benzene ring substituents is 1. The molecule has 192 valence electrons. The number of nitrogens with zero attached hydrogens (tertiary/aromatic N) is 4. The number of nitrogens with one attached hydrogen (secondary N) is 1. The van der Waals surface area contributed by atoms with Crippen LogP contribution in [0.2, 0.25) is 0 Å². The van der Waals surface area contributed by atoms with Crippen LogP contribution in [0.3, 0.4) is 0 Å². The van der Waals surface area contributed by atoms with Crippen molar-refractivity contribution >= 4 is 46.0 Å². The maximum atomic E-state index is 13.4. The number of halogens is 1. The SMILES string of the molecule is O=C(CCC1N=C2c3ccccc3N=C(SCc3cccc([N+](=O)[O-])c3)N2C1=O)NCc1ccc(F)cc1. The van der Waals surface area contributed by atoms with E-state index in [1.165, 1.54) is 40.9 Å². The van der Waals surface area contributed by atoms with Crippen LogP contribution in [0.4, 0.5) is 15.8 Å². The second kappa shape index (κ2) is 10.9. The lowest BCUT2D eigenvalue weighted by Crippen LogP contribution is -2.41. The second-order valence-electron chi connectivity index (χ2n) is 8.71. The Hall–Kier alpha value is -4.38. The fraction of sp³-hybridized carbons (Fsp3) is 0.185. The highest BCUT2D eigenvalue weighted by molar-refractivity contribution is 8.13. The van der Waals surface area contributed by atoms with E-state index in [2.05, 4.69) is 15.3 Å². The Labute approximate surface area is 221 Å². The summed E-state index contributed by atoms with van der Waals surface area (Å²) in [5.74, 6) is 0.00517. The van der Waals surface area contributed by atoms with Crippen LogP contribution in [-0.2, 0) is 21.9 Å². The number of carbonyl (C=O) groups excluding carboxylic acids is 2. The van der Waals surface area contributed by atoms with Crippen molar-refractivity contribution in [2.24, 2.45) is 9.98 Å². The highest BCUT2D eigenvalue weighted by Gasteiger charge is 2.41. The summed E-state index contributed by atoms with van der Waals surface area (Å²) in [6, 6.07) is 18.8. The van der Waals surface area contributed by atoms with E-state index >= 15 is 0 Å². The number of hydrogen-bond donors (Lipinski definition) is 1. The molecule has 3 aromatic carbocycles. The summed E-state index contributed by atoms with van der Waals surface area (Å²) in [5.41, 5.74) is 2.90. The van der Waals surface area contributed by atoms with Gasteiger partial charge in [0.05, 0.1) is 10.6 Å². The third kappa shape index (κ3) is 5.47. The van der Waals surface area contributed by atoms with Gasteiger partial charge in [0.2, 0.25) is 5.91 Å². The molecule has 0 aromatic heterocycles. The molecule has 2 aliphatic rings. The number of amidine groups is 2. The molecule has 0 saturated heterocycles. The lowest BCUT2D eigenvalue weighted by Gasteiger charge is -2.25. The first kappa shape index (κ1) is 25.3. The van der Waals surface area contributed by atoms with Gasteiger partial charge in [-0.15, -0.1) is 0 Å². The van der Waals surface area contributed by atoms with Crippen molar-refractivity contribution in [2.75, 3.05) is 0 Å². The van der Waals surface area contributed by atoms with E-state index in [0.29, 0.717) is 22.4 Å². The number of amides is 2. The minimum Gasteiger partial charge on any atom is -0.352 e. The number of rotatable bonds is 8. The predicted octanol–water partition coefficient (Wildman–Crippen LogP) is 4.72. The minimum atomic E-state index is -0.740. The van der Waals surface area contributed by atoms with Gasteiger partial charge in [-0.3, -0.25) is 24.7 Å². The molecule has 2 amide bonds. The first-order valence-corrected chi connectivity index (χ1v) is 12.8. The number of benzene rings is 3. The molecule has 1 unspecified atom stereocenters. The van der Waals surface area contributed by atoms with Gasteiger partial charge < -0.3 is 5.32 Å². The van der Waals surface area contributed by atoms with Gasteiger partial charge in [0, 0.05) is 36.4 Å². The summed E-state index contributed by atoms with van der Waals surface area (Å²) in [6.07, 6.45) is 0.316.